The summed E-state index contributed by atoms with van der Waals surface area (Å²) in [7, 11) is 0. The van der Waals surface area contributed by atoms with Crippen molar-refractivity contribution in [3.05, 3.63) is 85.1 Å². The molecule has 1 rings (SSSR count). The molecular weight excluding hydrogens is 789 g/mol. The van der Waals surface area contributed by atoms with Crippen molar-refractivity contribution >= 4 is 17.9 Å². The fraction of sp³-hybridized carbons (Fsp3) is 0.667. The predicted molar refractivity (Wildman–Crippen MR) is 247 cm³/mol. The number of unbranched alkanes of at least 4 members (excludes halogenated alkanes) is 13. The summed E-state index contributed by atoms with van der Waals surface area (Å²) in [6, 6.07) is 0. The number of hydrogen-bond acceptors (Lipinski definition) is 10. The molecule has 6 atom stereocenters. The summed E-state index contributed by atoms with van der Waals surface area (Å²) in [6.45, 7) is 3.63. The quantitative estimate of drug-likeness (QED) is 0.0265. The van der Waals surface area contributed by atoms with Crippen LogP contribution in [0.15, 0.2) is 85.1 Å². The van der Waals surface area contributed by atoms with Crippen LogP contribution < -0.4 is 0 Å². The van der Waals surface area contributed by atoms with Crippen LogP contribution in [0.2, 0.25) is 0 Å². The Labute approximate surface area is 373 Å². The summed E-state index contributed by atoms with van der Waals surface area (Å²) in [5, 5.41) is 39.9. The van der Waals surface area contributed by atoms with Crippen molar-refractivity contribution in [2.24, 2.45) is 0 Å². The Hall–Kier alpha value is -3.61. The highest BCUT2D eigenvalue weighted by atomic mass is 16.7. The van der Waals surface area contributed by atoms with E-state index in [1.807, 2.05) is 0 Å². The number of allylic oxidation sites excluding steroid dienone is 14. The van der Waals surface area contributed by atoms with Gasteiger partial charge < -0.3 is 39.4 Å². The van der Waals surface area contributed by atoms with Gasteiger partial charge in [-0.05, 0) is 89.9 Å². The molecule has 0 saturated carbocycles. The van der Waals surface area contributed by atoms with Crippen LogP contribution in [0.3, 0.4) is 0 Å². The van der Waals surface area contributed by atoms with Crippen molar-refractivity contribution in [1.29, 1.82) is 0 Å². The summed E-state index contributed by atoms with van der Waals surface area (Å²) in [4.78, 5) is 36.9. The SMILES string of the molecule is CC/C=C\C/C=C\C/C=C\C/C=C\C/C=C\CCCCCC(=O)OCC(COC1OC(C(=O)O)C(O)C(O)C1O)OC(=O)CCCCCCCCC/C=C\C/C=C\CCCCC. The molecule has 0 spiro atoms. The van der Waals surface area contributed by atoms with E-state index in [0.717, 1.165) is 89.9 Å². The molecule has 1 fully saturated rings. The number of carbonyl (C=O) groups excluding carboxylic acids is 2. The zero-order chi connectivity index (χ0) is 45.3. The van der Waals surface area contributed by atoms with Gasteiger partial charge in [0.2, 0.25) is 0 Å². The average molecular weight is 871 g/mol. The Morgan fingerprint density at radius 1 is 0.516 bits per heavy atom. The van der Waals surface area contributed by atoms with Crippen LogP contribution in [-0.2, 0) is 33.3 Å². The number of esters is 2. The van der Waals surface area contributed by atoms with Gasteiger partial charge >= 0.3 is 17.9 Å². The molecule has 0 aromatic heterocycles. The van der Waals surface area contributed by atoms with Crippen molar-refractivity contribution in [2.45, 2.75) is 205 Å². The molecule has 1 heterocycles. The molecule has 4 N–H and O–H groups in total. The topological polar surface area (TPSA) is 169 Å². The maximum absolute atomic E-state index is 12.8. The van der Waals surface area contributed by atoms with Crippen LogP contribution in [0.25, 0.3) is 0 Å². The third kappa shape index (κ3) is 31.3. The molecule has 11 nitrogen and oxygen atoms in total. The maximum Gasteiger partial charge on any atom is 0.335 e. The van der Waals surface area contributed by atoms with Crippen molar-refractivity contribution in [2.75, 3.05) is 13.2 Å². The van der Waals surface area contributed by atoms with Gasteiger partial charge in [0.25, 0.3) is 0 Å². The van der Waals surface area contributed by atoms with Crippen LogP contribution in [0.1, 0.15) is 168 Å². The number of carboxylic acids is 1. The minimum absolute atomic E-state index is 0.161. The van der Waals surface area contributed by atoms with Crippen molar-refractivity contribution in [1.82, 2.24) is 0 Å². The molecule has 0 aromatic carbocycles. The van der Waals surface area contributed by atoms with Crippen LogP contribution in [-0.4, -0.2) is 88.4 Å². The first-order valence-electron chi connectivity index (χ1n) is 23.6. The van der Waals surface area contributed by atoms with E-state index >= 15 is 0 Å². The van der Waals surface area contributed by atoms with Gasteiger partial charge in [-0.1, -0.05) is 150 Å². The lowest BCUT2D eigenvalue weighted by molar-refractivity contribution is -0.298. The zero-order valence-electron chi connectivity index (χ0n) is 38.1. The van der Waals surface area contributed by atoms with Crippen molar-refractivity contribution in [3.8, 4) is 0 Å². The molecule has 0 aliphatic carbocycles. The van der Waals surface area contributed by atoms with Gasteiger partial charge in [0.05, 0.1) is 6.61 Å². The maximum atomic E-state index is 12.8. The molecule has 352 valence electrons. The van der Waals surface area contributed by atoms with E-state index in [9.17, 15) is 34.8 Å². The molecule has 0 radical (unpaired) electrons. The number of hydrogen-bond donors (Lipinski definition) is 4. The molecule has 1 saturated heterocycles. The molecule has 1 aliphatic rings. The van der Waals surface area contributed by atoms with Gasteiger partial charge in [0.15, 0.2) is 18.5 Å². The van der Waals surface area contributed by atoms with Crippen molar-refractivity contribution in [3.63, 3.8) is 0 Å². The lowest BCUT2D eigenvalue weighted by Crippen LogP contribution is -2.60. The first-order chi connectivity index (χ1) is 30.2. The van der Waals surface area contributed by atoms with E-state index in [1.165, 1.54) is 38.5 Å². The van der Waals surface area contributed by atoms with Gasteiger partial charge in [-0.2, -0.15) is 0 Å². The second-order valence-corrected chi connectivity index (χ2v) is 15.9. The van der Waals surface area contributed by atoms with Gasteiger partial charge in [-0.3, -0.25) is 9.59 Å². The Morgan fingerprint density at radius 3 is 1.45 bits per heavy atom. The summed E-state index contributed by atoms with van der Waals surface area (Å²) in [5.41, 5.74) is 0. The largest absolute Gasteiger partial charge is 0.479 e. The second kappa shape index (κ2) is 40.2. The summed E-state index contributed by atoms with van der Waals surface area (Å²) in [6.07, 6.45) is 43.4. The Balaban J connectivity index is 2.39. The first kappa shape index (κ1) is 56.4. The Morgan fingerprint density at radius 2 is 0.952 bits per heavy atom. The van der Waals surface area contributed by atoms with E-state index in [2.05, 4.69) is 98.9 Å². The van der Waals surface area contributed by atoms with E-state index in [4.69, 9.17) is 18.9 Å². The highest BCUT2D eigenvalue weighted by Crippen LogP contribution is 2.23. The minimum Gasteiger partial charge on any atom is -0.479 e. The average Bonchev–Trinajstić information content (AvgIpc) is 3.26. The monoisotopic (exact) mass is 871 g/mol. The number of ether oxygens (including phenoxy) is 4. The number of carboxylic acid groups (broad SMARTS) is 1. The highest BCUT2D eigenvalue weighted by Gasteiger charge is 2.47. The fourth-order valence-electron chi connectivity index (χ4n) is 6.52. The molecule has 0 bridgehead atoms. The van der Waals surface area contributed by atoms with Gasteiger partial charge in [-0.15, -0.1) is 0 Å². The fourth-order valence-corrected chi connectivity index (χ4v) is 6.52. The smallest absolute Gasteiger partial charge is 0.335 e. The van der Waals surface area contributed by atoms with Crippen LogP contribution in [0.5, 0.6) is 0 Å². The lowest BCUT2D eigenvalue weighted by atomic mass is 9.99. The van der Waals surface area contributed by atoms with Gasteiger partial charge in [0.1, 0.15) is 24.9 Å². The second-order valence-electron chi connectivity index (χ2n) is 15.9. The number of aliphatic hydroxyl groups is 3. The number of aliphatic carboxylic acids is 1. The molecular formula is C51H82O11. The van der Waals surface area contributed by atoms with Crippen LogP contribution in [0, 0.1) is 0 Å². The number of carbonyl (C=O) groups is 3. The number of rotatable bonds is 38. The van der Waals surface area contributed by atoms with E-state index in [1.54, 1.807) is 0 Å². The summed E-state index contributed by atoms with van der Waals surface area (Å²) < 4.78 is 21.7. The van der Waals surface area contributed by atoms with Gasteiger partial charge in [-0.25, -0.2) is 4.79 Å². The third-order valence-corrected chi connectivity index (χ3v) is 10.2. The van der Waals surface area contributed by atoms with Crippen LogP contribution >= 0.6 is 0 Å². The zero-order valence-corrected chi connectivity index (χ0v) is 38.1. The van der Waals surface area contributed by atoms with Crippen molar-refractivity contribution < 1.29 is 53.8 Å². The van der Waals surface area contributed by atoms with E-state index in [0.29, 0.717) is 12.8 Å². The summed E-state index contributed by atoms with van der Waals surface area (Å²) >= 11 is 0. The Bertz CT molecular complexity index is 1350. The summed E-state index contributed by atoms with van der Waals surface area (Å²) in [5.74, 6) is -2.51. The normalized spacial score (nSPS) is 20.3. The molecule has 11 heteroatoms. The molecule has 6 unspecified atom stereocenters. The lowest BCUT2D eigenvalue weighted by Gasteiger charge is -2.38. The van der Waals surface area contributed by atoms with E-state index < -0.39 is 61.3 Å². The molecule has 62 heavy (non-hydrogen) atoms. The first-order valence-corrected chi connectivity index (χ1v) is 23.6. The third-order valence-electron chi connectivity index (χ3n) is 10.2. The standard InChI is InChI=1S/C51H82O11/c1-3-5-7-9-11-13-15-17-19-21-22-24-25-27-29-31-33-35-37-39-44(52)59-41-43(42-60-51-48(56)46(54)47(55)49(62-51)50(57)58)61-45(53)40-38-36-34-32-30-28-26-23-20-18-16-14-12-10-8-6-4-2/h5,7,11-14,17-20,22,24,27,29,43,46-49,51,54-56H,3-4,6,8-10,15-16,21,23,25-26,28,30-42H2,1-2H3,(H,57,58)/b7-5-,13-11-,14-12-,19-17-,20-18-,24-22-,29-27-. The predicted octanol–water partition coefficient (Wildman–Crippen LogP) is 10.6. The van der Waals surface area contributed by atoms with Gasteiger partial charge in [0, 0.05) is 12.8 Å². The highest BCUT2D eigenvalue weighted by molar-refractivity contribution is 5.73. The van der Waals surface area contributed by atoms with Crippen LogP contribution in [0.4, 0.5) is 0 Å². The minimum atomic E-state index is -1.87. The number of aliphatic hydroxyl groups excluding tert-OH is 3. The molecule has 0 amide bonds. The Kier molecular flexibility index (Phi) is 36.6. The molecule has 0 aromatic rings. The van der Waals surface area contributed by atoms with E-state index in [-0.39, 0.29) is 19.4 Å². The molecule has 1 aliphatic heterocycles.